The zero-order chi connectivity index (χ0) is 10.4. The maximum atomic E-state index is 3.63. The number of H-pyrrole nitrogens is 1. The van der Waals surface area contributed by atoms with E-state index in [-0.39, 0.29) is 0 Å². The molecular weight excluding hydrogens is 318 g/mol. The lowest BCUT2D eigenvalue weighted by Crippen LogP contribution is -2.27. The summed E-state index contributed by atoms with van der Waals surface area (Å²) in [5, 5.41) is 3.86. The van der Waals surface area contributed by atoms with Crippen LogP contribution in [0, 0.1) is 0 Å². The van der Waals surface area contributed by atoms with Gasteiger partial charge in [-0.25, -0.2) is 0 Å². The van der Waals surface area contributed by atoms with Crippen molar-refractivity contribution in [3.8, 4) is 0 Å². The van der Waals surface area contributed by atoms with E-state index in [9.17, 15) is 0 Å². The highest BCUT2D eigenvalue weighted by Gasteiger charge is 2.07. The highest BCUT2D eigenvalue weighted by molar-refractivity contribution is 9.10. The Morgan fingerprint density at radius 3 is 3.07 bits per heavy atom. The molecule has 1 aliphatic rings. The Morgan fingerprint density at radius 1 is 1.33 bits per heavy atom. The van der Waals surface area contributed by atoms with Crippen molar-refractivity contribution >= 4 is 54.9 Å². The highest BCUT2D eigenvalue weighted by Crippen LogP contribution is 2.16. The second kappa shape index (κ2) is 3.49. The first-order valence-electron chi connectivity index (χ1n) is 4.87. The summed E-state index contributed by atoms with van der Waals surface area (Å²) in [6.07, 6.45) is 5.59. The predicted molar refractivity (Wildman–Crippen MR) is 71.5 cm³/mol. The van der Waals surface area contributed by atoms with Crippen LogP contribution in [0.3, 0.4) is 0 Å². The Hall–Kier alpha value is -0.540. The topological polar surface area (TPSA) is 15.8 Å². The highest BCUT2D eigenvalue weighted by atomic mass is 79.9. The molecule has 1 aromatic heterocycles. The molecule has 1 aliphatic carbocycles. The van der Waals surface area contributed by atoms with E-state index in [4.69, 9.17) is 0 Å². The van der Waals surface area contributed by atoms with Crippen LogP contribution in [-0.2, 0) is 0 Å². The summed E-state index contributed by atoms with van der Waals surface area (Å²) in [6.45, 7) is 0. The summed E-state index contributed by atoms with van der Waals surface area (Å²) in [7, 11) is 0. The number of hydrogen-bond acceptors (Lipinski definition) is 0. The number of nitrogens with one attached hydrogen (secondary N) is 1. The third kappa shape index (κ3) is 1.58. The monoisotopic (exact) mass is 325 g/mol. The summed E-state index contributed by atoms with van der Waals surface area (Å²) >= 11 is 7.15. The number of hydrogen-bond donors (Lipinski definition) is 1. The van der Waals surface area contributed by atoms with Crippen molar-refractivity contribution in [3.63, 3.8) is 0 Å². The van der Waals surface area contributed by atoms with E-state index in [2.05, 4.69) is 67.2 Å². The Kier molecular flexibility index (Phi) is 2.25. The molecule has 0 saturated heterocycles. The molecule has 1 heterocycles. The Balaban J connectivity index is 2.51. The van der Waals surface area contributed by atoms with Crippen molar-refractivity contribution in [1.29, 1.82) is 0 Å². The number of halogens is 2. The van der Waals surface area contributed by atoms with Gasteiger partial charge < -0.3 is 4.98 Å². The molecular formula is C12H9Br2N. The molecule has 1 N–H and O–H groups in total. The molecule has 1 unspecified atom stereocenters. The molecule has 0 spiro atoms. The molecule has 0 fully saturated rings. The van der Waals surface area contributed by atoms with E-state index >= 15 is 0 Å². The predicted octanol–water partition coefficient (Wildman–Crippen LogP) is 2.66. The SMILES string of the molecule is Brc1ccc2[nH]c3c(c2c1)=CC(Br)CC=3. The largest absolute Gasteiger partial charge is 0.355 e. The zero-order valence-corrected chi connectivity index (χ0v) is 11.1. The van der Waals surface area contributed by atoms with Gasteiger partial charge in [-0.05, 0) is 24.6 Å². The van der Waals surface area contributed by atoms with Gasteiger partial charge >= 0.3 is 0 Å². The van der Waals surface area contributed by atoms with Crippen LogP contribution in [0.15, 0.2) is 22.7 Å². The fraction of sp³-hybridized carbons (Fsp3) is 0.167. The van der Waals surface area contributed by atoms with E-state index in [0.717, 1.165) is 10.9 Å². The van der Waals surface area contributed by atoms with Crippen LogP contribution in [0.4, 0.5) is 0 Å². The van der Waals surface area contributed by atoms with Gasteiger partial charge in [0.25, 0.3) is 0 Å². The molecule has 0 radical (unpaired) electrons. The maximum Gasteiger partial charge on any atom is 0.0465 e. The second-order valence-electron chi connectivity index (χ2n) is 3.76. The van der Waals surface area contributed by atoms with Gasteiger partial charge in [0.1, 0.15) is 0 Å². The van der Waals surface area contributed by atoms with Crippen LogP contribution >= 0.6 is 31.9 Å². The minimum atomic E-state index is 0.461. The smallest absolute Gasteiger partial charge is 0.0465 e. The molecule has 1 atom stereocenters. The average Bonchev–Trinajstić information content (AvgIpc) is 2.56. The van der Waals surface area contributed by atoms with Crippen molar-refractivity contribution in [3.05, 3.63) is 33.2 Å². The van der Waals surface area contributed by atoms with Crippen molar-refractivity contribution in [2.24, 2.45) is 0 Å². The van der Waals surface area contributed by atoms with Crippen LogP contribution in [0.25, 0.3) is 23.1 Å². The first-order valence-corrected chi connectivity index (χ1v) is 6.58. The fourth-order valence-electron chi connectivity index (χ4n) is 2.03. The van der Waals surface area contributed by atoms with Gasteiger partial charge in [-0.1, -0.05) is 44.0 Å². The van der Waals surface area contributed by atoms with Crippen LogP contribution in [0.2, 0.25) is 0 Å². The summed E-state index contributed by atoms with van der Waals surface area (Å²) in [6, 6.07) is 6.35. The van der Waals surface area contributed by atoms with E-state index in [1.54, 1.807) is 0 Å². The number of aromatic nitrogens is 1. The molecule has 76 valence electrons. The Labute approximate surface area is 104 Å². The number of aromatic amines is 1. The third-order valence-corrected chi connectivity index (χ3v) is 3.86. The maximum absolute atomic E-state index is 3.63. The normalized spacial score (nSPS) is 19.5. The van der Waals surface area contributed by atoms with Gasteiger partial charge in [-0.15, -0.1) is 0 Å². The van der Waals surface area contributed by atoms with Gasteiger partial charge in [0.15, 0.2) is 0 Å². The second-order valence-corrected chi connectivity index (χ2v) is 5.86. The summed E-state index contributed by atoms with van der Waals surface area (Å²) in [5.41, 5.74) is 1.21. The number of alkyl halides is 1. The van der Waals surface area contributed by atoms with Crippen molar-refractivity contribution in [2.75, 3.05) is 0 Å². The van der Waals surface area contributed by atoms with Crippen LogP contribution in [0.5, 0.6) is 0 Å². The number of fused-ring (bicyclic) bond motifs is 3. The van der Waals surface area contributed by atoms with Gasteiger partial charge in [0, 0.05) is 30.8 Å². The van der Waals surface area contributed by atoms with E-state index < -0.39 is 0 Å². The lowest BCUT2D eigenvalue weighted by molar-refractivity contribution is 1.14. The quantitative estimate of drug-likeness (QED) is 0.716. The standard InChI is InChI=1S/C12H9Br2N/c13-7-1-3-11-9(5-7)10-6-8(14)2-4-12(10)15-11/h1,3-6,8,15H,2H2. The number of rotatable bonds is 0. The third-order valence-electron chi connectivity index (χ3n) is 2.73. The minimum absolute atomic E-state index is 0.461. The van der Waals surface area contributed by atoms with Gasteiger partial charge in [0.05, 0.1) is 0 Å². The summed E-state index contributed by atoms with van der Waals surface area (Å²) in [4.78, 5) is 3.90. The fourth-order valence-corrected chi connectivity index (χ4v) is 2.84. The first-order chi connectivity index (χ1) is 7.24. The van der Waals surface area contributed by atoms with E-state index in [1.165, 1.54) is 21.5 Å². The molecule has 2 aromatic rings. The van der Waals surface area contributed by atoms with Gasteiger partial charge in [-0.3, -0.25) is 0 Å². The molecule has 3 rings (SSSR count). The van der Waals surface area contributed by atoms with Crippen LogP contribution in [-0.4, -0.2) is 9.81 Å². The average molecular weight is 327 g/mol. The minimum Gasteiger partial charge on any atom is -0.355 e. The summed E-state index contributed by atoms with van der Waals surface area (Å²) < 4.78 is 1.13. The number of benzene rings is 1. The van der Waals surface area contributed by atoms with Gasteiger partial charge in [-0.2, -0.15) is 0 Å². The molecule has 1 aromatic carbocycles. The first kappa shape index (κ1) is 9.67. The Morgan fingerprint density at radius 2 is 2.20 bits per heavy atom. The molecule has 1 nitrogen and oxygen atoms in total. The van der Waals surface area contributed by atoms with Crippen molar-refractivity contribution < 1.29 is 0 Å². The van der Waals surface area contributed by atoms with Crippen LogP contribution < -0.4 is 10.6 Å². The van der Waals surface area contributed by atoms with E-state index in [0.29, 0.717) is 4.83 Å². The van der Waals surface area contributed by atoms with Crippen molar-refractivity contribution in [2.45, 2.75) is 11.2 Å². The molecule has 3 heteroatoms. The van der Waals surface area contributed by atoms with Gasteiger partial charge in [0.2, 0.25) is 0 Å². The Bertz CT molecular complexity index is 639. The van der Waals surface area contributed by atoms with Crippen LogP contribution in [0.1, 0.15) is 6.42 Å². The molecule has 0 bridgehead atoms. The molecule has 15 heavy (non-hydrogen) atoms. The molecule has 0 amide bonds. The zero-order valence-electron chi connectivity index (χ0n) is 7.93. The summed E-state index contributed by atoms with van der Waals surface area (Å²) in [5.74, 6) is 0. The molecule has 0 saturated carbocycles. The lowest BCUT2D eigenvalue weighted by Gasteiger charge is -2.02. The van der Waals surface area contributed by atoms with Crippen molar-refractivity contribution in [1.82, 2.24) is 4.98 Å². The van der Waals surface area contributed by atoms with E-state index in [1.807, 2.05) is 0 Å². The lowest BCUT2D eigenvalue weighted by atomic mass is 10.1. The molecule has 0 aliphatic heterocycles.